The minimum absolute atomic E-state index is 0.344. The Morgan fingerprint density at radius 2 is 1.84 bits per heavy atom. The van der Waals surface area contributed by atoms with Crippen molar-refractivity contribution in [2.45, 2.75) is 13.2 Å². The molecule has 1 aromatic heterocycles. The molecule has 19 heavy (non-hydrogen) atoms. The summed E-state index contributed by atoms with van der Waals surface area (Å²) in [5.41, 5.74) is 2.41. The van der Waals surface area contributed by atoms with Gasteiger partial charge >= 0.3 is 5.97 Å². The molecule has 0 saturated carbocycles. The van der Waals surface area contributed by atoms with Crippen LogP contribution in [0.4, 0.5) is 0 Å². The summed E-state index contributed by atoms with van der Waals surface area (Å²) >= 11 is 0. The number of ether oxygens (including phenoxy) is 2. The Kier molecular flexibility index (Phi) is 4.64. The average molecular weight is 257 g/mol. The van der Waals surface area contributed by atoms with E-state index in [1.807, 2.05) is 24.3 Å². The number of pyridine rings is 1. The highest BCUT2D eigenvalue weighted by Crippen LogP contribution is 2.12. The monoisotopic (exact) mass is 257 g/mol. The Morgan fingerprint density at radius 3 is 2.58 bits per heavy atom. The third-order valence-electron chi connectivity index (χ3n) is 2.70. The Bertz CT molecular complexity index is 540. The van der Waals surface area contributed by atoms with E-state index in [-0.39, 0.29) is 5.97 Å². The van der Waals surface area contributed by atoms with Crippen molar-refractivity contribution in [3.8, 4) is 0 Å². The first-order chi connectivity index (χ1) is 9.31. The van der Waals surface area contributed by atoms with E-state index in [1.165, 1.54) is 7.11 Å². The Balaban J connectivity index is 1.98. The number of hydrogen-bond donors (Lipinski definition) is 0. The van der Waals surface area contributed by atoms with Crippen LogP contribution in [0, 0.1) is 0 Å². The SMILES string of the molecule is COC(=O)c1ccccc1COCc1ccncc1. The minimum Gasteiger partial charge on any atom is -0.465 e. The van der Waals surface area contributed by atoms with Crippen LogP contribution in [0.25, 0.3) is 0 Å². The van der Waals surface area contributed by atoms with E-state index in [2.05, 4.69) is 4.98 Å². The number of hydrogen-bond acceptors (Lipinski definition) is 4. The fourth-order valence-electron chi connectivity index (χ4n) is 1.71. The normalized spacial score (nSPS) is 10.2. The van der Waals surface area contributed by atoms with E-state index in [4.69, 9.17) is 9.47 Å². The van der Waals surface area contributed by atoms with Gasteiger partial charge in [-0.25, -0.2) is 4.79 Å². The molecule has 0 saturated heterocycles. The summed E-state index contributed by atoms with van der Waals surface area (Å²) in [6.45, 7) is 0.853. The highest BCUT2D eigenvalue weighted by Gasteiger charge is 2.10. The maximum absolute atomic E-state index is 11.6. The largest absolute Gasteiger partial charge is 0.465 e. The molecule has 2 rings (SSSR count). The highest BCUT2D eigenvalue weighted by atomic mass is 16.5. The third-order valence-corrected chi connectivity index (χ3v) is 2.70. The number of esters is 1. The van der Waals surface area contributed by atoms with Gasteiger partial charge in [0.25, 0.3) is 0 Å². The summed E-state index contributed by atoms with van der Waals surface area (Å²) < 4.78 is 10.3. The molecule has 0 fully saturated rings. The van der Waals surface area contributed by atoms with Gasteiger partial charge in [0.1, 0.15) is 0 Å². The Labute approximate surface area is 112 Å². The number of methoxy groups -OCH3 is 1. The van der Waals surface area contributed by atoms with Gasteiger partial charge in [0.2, 0.25) is 0 Å². The van der Waals surface area contributed by atoms with Crippen molar-refractivity contribution in [3.63, 3.8) is 0 Å². The molecule has 98 valence electrons. The van der Waals surface area contributed by atoms with Gasteiger partial charge in [-0.05, 0) is 29.3 Å². The van der Waals surface area contributed by atoms with Crippen LogP contribution < -0.4 is 0 Å². The van der Waals surface area contributed by atoms with Gasteiger partial charge in [-0.3, -0.25) is 4.98 Å². The van der Waals surface area contributed by atoms with Crippen LogP contribution in [-0.2, 0) is 22.7 Å². The summed E-state index contributed by atoms with van der Waals surface area (Å²) in [5, 5.41) is 0. The zero-order valence-corrected chi connectivity index (χ0v) is 10.7. The van der Waals surface area contributed by atoms with Gasteiger partial charge < -0.3 is 9.47 Å². The first kappa shape index (κ1) is 13.2. The van der Waals surface area contributed by atoms with Crippen LogP contribution in [0.1, 0.15) is 21.5 Å². The van der Waals surface area contributed by atoms with Crippen molar-refractivity contribution >= 4 is 5.97 Å². The van der Waals surface area contributed by atoms with E-state index >= 15 is 0 Å². The number of nitrogens with zero attached hydrogens (tertiary/aromatic N) is 1. The molecular weight excluding hydrogens is 242 g/mol. The molecule has 4 heteroatoms. The van der Waals surface area contributed by atoms with Crippen molar-refractivity contribution in [1.29, 1.82) is 0 Å². The van der Waals surface area contributed by atoms with Gasteiger partial charge in [-0.15, -0.1) is 0 Å². The lowest BCUT2D eigenvalue weighted by atomic mass is 10.1. The number of benzene rings is 1. The molecule has 0 N–H and O–H groups in total. The topological polar surface area (TPSA) is 48.4 Å². The van der Waals surface area contributed by atoms with E-state index in [1.54, 1.807) is 24.5 Å². The number of aromatic nitrogens is 1. The first-order valence-electron chi connectivity index (χ1n) is 5.94. The molecule has 0 aliphatic heterocycles. The minimum atomic E-state index is -0.344. The van der Waals surface area contributed by atoms with Crippen molar-refractivity contribution < 1.29 is 14.3 Å². The fraction of sp³-hybridized carbons (Fsp3) is 0.200. The number of rotatable bonds is 5. The lowest BCUT2D eigenvalue weighted by Crippen LogP contribution is -2.06. The van der Waals surface area contributed by atoms with Crippen molar-refractivity contribution in [2.24, 2.45) is 0 Å². The zero-order chi connectivity index (χ0) is 13.5. The molecule has 1 heterocycles. The molecule has 0 bridgehead atoms. The third kappa shape index (κ3) is 3.63. The number of carbonyl (C=O) groups excluding carboxylic acids is 1. The van der Waals surface area contributed by atoms with Gasteiger partial charge in [0.05, 0.1) is 25.9 Å². The van der Waals surface area contributed by atoms with Gasteiger partial charge in [0.15, 0.2) is 0 Å². The summed E-state index contributed by atoms with van der Waals surface area (Å²) in [7, 11) is 1.37. The van der Waals surface area contributed by atoms with Crippen LogP contribution in [0.5, 0.6) is 0 Å². The van der Waals surface area contributed by atoms with Crippen LogP contribution in [0.15, 0.2) is 48.8 Å². The first-order valence-corrected chi connectivity index (χ1v) is 5.94. The van der Waals surface area contributed by atoms with Crippen molar-refractivity contribution in [2.75, 3.05) is 7.11 Å². The quantitative estimate of drug-likeness (QED) is 0.772. The standard InChI is InChI=1S/C15H15NO3/c1-18-15(17)14-5-3-2-4-13(14)11-19-10-12-6-8-16-9-7-12/h2-9H,10-11H2,1H3. The average Bonchev–Trinajstić information content (AvgIpc) is 2.48. The molecule has 0 unspecified atom stereocenters. The molecule has 0 radical (unpaired) electrons. The summed E-state index contributed by atoms with van der Waals surface area (Å²) in [6.07, 6.45) is 3.45. The van der Waals surface area contributed by atoms with E-state index in [9.17, 15) is 4.79 Å². The van der Waals surface area contributed by atoms with Gasteiger partial charge in [-0.1, -0.05) is 18.2 Å². The highest BCUT2D eigenvalue weighted by molar-refractivity contribution is 5.90. The molecule has 0 aliphatic carbocycles. The predicted octanol–water partition coefficient (Wildman–Crippen LogP) is 2.59. The fourth-order valence-corrected chi connectivity index (χ4v) is 1.71. The second-order valence-corrected chi connectivity index (χ2v) is 4.00. The molecular formula is C15H15NO3. The second-order valence-electron chi connectivity index (χ2n) is 4.00. The summed E-state index contributed by atoms with van der Waals surface area (Å²) in [5.74, 6) is -0.344. The van der Waals surface area contributed by atoms with Crippen LogP contribution in [0.3, 0.4) is 0 Å². The number of carbonyl (C=O) groups is 1. The zero-order valence-electron chi connectivity index (χ0n) is 10.7. The molecule has 0 spiro atoms. The molecule has 2 aromatic rings. The predicted molar refractivity (Wildman–Crippen MR) is 70.5 cm³/mol. The van der Waals surface area contributed by atoms with Crippen molar-refractivity contribution in [3.05, 3.63) is 65.5 Å². The van der Waals surface area contributed by atoms with Crippen LogP contribution >= 0.6 is 0 Å². The Morgan fingerprint density at radius 1 is 1.11 bits per heavy atom. The maximum atomic E-state index is 11.6. The molecule has 0 atom stereocenters. The molecule has 4 nitrogen and oxygen atoms in total. The smallest absolute Gasteiger partial charge is 0.338 e. The lowest BCUT2D eigenvalue weighted by molar-refractivity contribution is 0.0590. The summed E-state index contributed by atoms with van der Waals surface area (Å²) in [6, 6.07) is 11.1. The Hall–Kier alpha value is -2.20. The summed E-state index contributed by atoms with van der Waals surface area (Å²) in [4.78, 5) is 15.5. The lowest BCUT2D eigenvalue weighted by Gasteiger charge is -2.08. The van der Waals surface area contributed by atoms with E-state index in [0.717, 1.165) is 11.1 Å². The second kappa shape index (κ2) is 6.66. The van der Waals surface area contributed by atoms with E-state index < -0.39 is 0 Å². The molecule has 0 aliphatic rings. The van der Waals surface area contributed by atoms with E-state index in [0.29, 0.717) is 18.8 Å². The van der Waals surface area contributed by atoms with Gasteiger partial charge in [0, 0.05) is 12.4 Å². The van der Waals surface area contributed by atoms with Crippen LogP contribution in [-0.4, -0.2) is 18.1 Å². The van der Waals surface area contributed by atoms with Crippen molar-refractivity contribution in [1.82, 2.24) is 4.98 Å². The van der Waals surface area contributed by atoms with Crippen LogP contribution in [0.2, 0.25) is 0 Å². The molecule has 0 amide bonds. The maximum Gasteiger partial charge on any atom is 0.338 e. The molecule has 1 aromatic carbocycles. The van der Waals surface area contributed by atoms with Gasteiger partial charge in [-0.2, -0.15) is 0 Å².